The Hall–Kier alpha value is -1.51. The lowest BCUT2D eigenvalue weighted by Gasteiger charge is -2.12. The molecule has 2 aromatic heterocycles. The fraction of sp³-hybridized carbons (Fsp3) is 0.182. The van der Waals surface area contributed by atoms with Gasteiger partial charge in [0.05, 0.1) is 15.5 Å². The van der Waals surface area contributed by atoms with Gasteiger partial charge in [-0.3, -0.25) is 15.1 Å². The van der Waals surface area contributed by atoms with Gasteiger partial charge < -0.3 is 10.4 Å². The van der Waals surface area contributed by atoms with Crippen LogP contribution >= 0.6 is 27.3 Å². The molecule has 0 amide bonds. The molecule has 100 valence electrons. The van der Waals surface area contributed by atoms with Crippen molar-refractivity contribution >= 4 is 38.6 Å². The average molecular weight is 344 g/mol. The molecular weight excluding hydrogens is 334 g/mol. The van der Waals surface area contributed by atoms with Crippen LogP contribution in [0.4, 0.5) is 11.4 Å². The van der Waals surface area contributed by atoms with Gasteiger partial charge >= 0.3 is 5.69 Å². The first-order valence-corrected chi connectivity index (χ1v) is 7.05. The number of anilines is 1. The highest BCUT2D eigenvalue weighted by Crippen LogP contribution is 2.31. The van der Waals surface area contributed by atoms with E-state index in [1.807, 2.05) is 16.8 Å². The van der Waals surface area contributed by atoms with Crippen LogP contribution in [0.2, 0.25) is 0 Å². The molecule has 0 aliphatic heterocycles. The number of pyridine rings is 1. The summed E-state index contributed by atoms with van der Waals surface area (Å²) in [4.78, 5) is 14.1. The molecule has 2 rings (SSSR count). The first-order chi connectivity index (χ1) is 9.09. The molecule has 0 aliphatic rings. The molecule has 2 N–H and O–H groups in total. The van der Waals surface area contributed by atoms with E-state index in [2.05, 4.69) is 26.2 Å². The third-order valence-electron chi connectivity index (χ3n) is 2.48. The number of nitrogens with zero attached hydrogens (tertiary/aromatic N) is 2. The normalized spacial score (nSPS) is 12.1. The van der Waals surface area contributed by atoms with E-state index in [0.29, 0.717) is 10.2 Å². The molecule has 0 bridgehead atoms. The molecule has 2 aromatic rings. The summed E-state index contributed by atoms with van der Waals surface area (Å²) in [6.45, 7) is 0.181. The van der Waals surface area contributed by atoms with Gasteiger partial charge in [0, 0.05) is 12.7 Å². The Labute approximate surface area is 121 Å². The number of aliphatic hydroxyl groups excluding tert-OH is 1. The van der Waals surface area contributed by atoms with Gasteiger partial charge in [-0.05, 0) is 38.3 Å². The summed E-state index contributed by atoms with van der Waals surface area (Å²) in [7, 11) is 0. The van der Waals surface area contributed by atoms with E-state index in [1.165, 1.54) is 23.7 Å². The number of hydrogen-bond donors (Lipinski definition) is 2. The highest BCUT2D eigenvalue weighted by atomic mass is 79.9. The van der Waals surface area contributed by atoms with Gasteiger partial charge in [0.2, 0.25) is 0 Å². The molecule has 0 aliphatic carbocycles. The Balaban J connectivity index is 2.13. The highest BCUT2D eigenvalue weighted by molar-refractivity contribution is 9.10. The molecule has 1 atom stereocenters. The minimum Gasteiger partial charge on any atom is -0.387 e. The van der Waals surface area contributed by atoms with Crippen molar-refractivity contribution in [2.24, 2.45) is 0 Å². The summed E-state index contributed by atoms with van der Waals surface area (Å²) < 4.78 is 0.485. The summed E-state index contributed by atoms with van der Waals surface area (Å²) in [5, 5.41) is 27.4. The quantitative estimate of drug-likeness (QED) is 0.643. The number of nitrogens with one attached hydrogen (secondary N) is 1. The van der Waals surface area contributed by atoms with E-state index in [1.54, 1.807) is 0 Å². The predicted molar refractivity (Wildman–Crippen MR) is 76.4 cm³/mol. The van der Waals surface area contributed by atoms with Crippen LogP contribution < -0.4 is 5.32 Å². The van der Waals surface area contributed by atoms with Gasteiger partial charge in [-0.15, -0.1) is 0 Å². The van der Waals surface area contributed by atoms with E-state index in [9.17, 15) is 15.2 Å². The molecule has 6 nitrogen and oxygen atoms in total. The summed E-state index contributed by atoms with van der Waals surface area (Å²) in [5.41, 5.74) is 0.964. The molecule has 1 unspecified atom stereocenters. The average Bonchev–Trinajstić information content (AvgIpc) is 2.90. The number of rotatable bonds is 5. The Morgan fingerprint density at radius 3 is 3.00 bits per heavy atom. The van der Waals surface area contributed by atoms with E-state index in [0.717, 1.165) is 5.56 Å². The molecule has 0 fully saturated rings. The zero-order valence-electron chi connectivity index (χ0n) is 9.62. The van der Waals surface area contributed by atoms with Crippen molar-refractivity contribution in [2.75, 3.05) is 11.9 Å². The maximum Gasteiger partial charge on any atom is 0.311 e. The molecule has 0 saturated carbocycles. The molecule has 0 spiro atoms. The predicted octanol–water partition coefficient (Wildman–Crippen LogP) is 2.96. The fourth-order valence-electron chi connectivity index (χ4n) is 1.52. The Morgan fingerprint density at radius 2 is 2.37 bits per heavy atom. The second-order valence-corrected chi connectivity index (χ2v) is 5.36. The Kier molecular flexibility index (Phi) is 4.46. The van der Waals surface area contributed by atoms with Gasteiger partial charge in [-0.1, -0.05) is 0 Å². The van der Waals surface area contributed by atoms with Crippen LogP contribution in [0.15, 0.2) is 33.7 Å². The number of hydrogen-bond acceptors (Lipinski definition) is 6. The highest BCUT2D eigenvalue weighted by Gasteiger charge is 2.18. The molecule has 19 heavy (non-hydrogen) atoms. The van der Waals surface area contributed by atoms with Gasteiger partial charge in [-0.2, -0.15) is 11.3 Å². The smallest absolute Gasteiger partial charge is 0.311 e. The van der Waals surface area contributed by atoms with Gasteiger partial charge in [0.25, 0.3) is 0 Å². The van der Waals surface area contributed by atoms with E-state index in [4.69, 9.17) is 0 Å². The summed E-state index contributed by atoms with van der Waals surface area (Å²) >= 11 is 4.69. The molecule has 0 aromatic carbocycles. The van der Waals surface area contributed by atoms with Crippen LogP contribution in [-0.2, 0) is 0 Å². The van der Waals surface area contributed by atoms with Gasteiger partial charge in [0.1, 0.15) is 11.9 Å². The third kappa shape index (κ3) is 3.28. The second-order valence-electron chi connectivity index (χ2n) is 3.73. The van der Waals surface area contributed by atoms with E-state index < -0.39 is 11.0 Å². The second kappa shape index (κ2) is 6.09. The maximum atomic E-state index is 10.9. The van der Waals surface area contributed by atoms with Crippen molar-refractivity contribution in [1.29, 1.82) is 0 Å². The van der Waals surface area contributed by atoms with Gasteiger partial charge in [-0.25, -0.2) is 0 Å². The van der Waals surface area contributed by atoms with Crippen LogP contribution in [0, 0.1) is 10.1 Å². The largest absolute Gasteiger partial charge is 0.387 e. The van der Waals surface area contributed by atoms with Crippen molar-refractivity contribution in [3.05, 3.63) is 49.4 Å². The zero-order chi connectivity index (χ0) is 13.8. The maximum absolute atomic E-state index is 10.9. The summed E-state index contributed by atoms with van der Waals surface area (Å²) in [6.07, 6.45) is 1.92. The molecule has 8 heteroatoms. The molecule has 0 radical (unpaired) electrons. The first kappa shape index (κ1) is 13.9. The van der Waals surface area contributed by atoms with Gasteiger partial charge in [0.15, 0.2) is 0 Å². The lowest BCUT2D eigenvalue weighted by Crippen LogP contribution is -2.13. The van der Waals surface area contributed by atoms with Crippen LogP contribution in [0.1, 0.15) is 11.7 Å². The van der Waals surface area contributed by atoms with Crippen LogP contribution in [0.5, 0.6) is 0 Å². The standard InChI is InChI=1S/C11H10BrN3O3S/c12-8-3-13-4-9(15(17)18)11(8)14-5-10(16)7-1-2-19-6-7/h1-4,6,10,16H,5H2,(H,13,14). The van der Waals surface area contributed by atoms with Crippen molar-refractivity contribution < 1.29 is 10.0 Å². The molecule has 0 saturated heterocycles. The Morgan fingerprint density at radius 1 is 1.58 bits per heavy atom. The van der Waals surface area contributed by atoms with Crippen molar-refractivity contribution in [2.45, 2.75) is 6.10 Å². The third-order valence-corrected chi connectivity index (χ3v) is 3.78. The molecule has 2 heterocycles. The number of nitro groups is 1. The molecular formula is C11H10BrN3O3S. The zero-order valence-corrected chi connectivity index (χ0v) is 12.0. The number of aromatic nitrogens is 1. The van der Waals surface area contributed by atoms with Crippen molar-refractivity contribution in [3.8, 4) is 0 Å². The number of halogens is 1. The topological polar surface area (TPSA) is 88.3 Å². The van der Waals surface area contributed by atoms with E-state index in [-0.39, 0.29) is 12.2 Å². The lowest BCUT2D eigenvalue weighted by molar-refractivity contribution is -0.384. The van der Waals surface area contributed by atoms with Crippen LogP contribution in [0.3, 0.4) is 0 Å². The van der Waals surface area contributed by atoms with Crippen LogP contribution in [-0.4, -0.2) is 21.6 Å². The van der Waals surface area contributed by atoms with Crippen molar-refractivity contribution in [3.63, 3.8) is 0 Å². The summed E-state index contributed by atoms with van der Waals surface area (Å²) in [6, 6.07) is 1.81. The number of aliphatic hydroxyl groups is 1. The fourth-order valence-corrected chi connectivity index (χ4v) is 2.69. The first-order valence-electron chi connectivity index (χ1n) is 5.31. The number of thiophene rings is 1. The minimum absolute atomic E-state index is 0.133. The summed E-state index contributed by atoms with van der Waals surface area (Å²) in [5.74, 6) is 0. The van der Waals surface area contributed by atoms with E-state index >= 15 is 0 Å². The Bertz CT molecular complexity index is 577. The SMILES string of the molecule is O=[N+]([O-])c1cncc(Br)c1NCC(O)c1ccsc1. The monoisotopic (exact) mass is 343 g/mol. The van der Waals surface area contributed by atoms with Crippen molar-refractivity contribution in [1.82, 2.24) is 4.98 Å². The lowest BCUT2D eigenvalue weighted by atomic mass is 10.2. The van der Waals surface area contributed by atoms with Crippen LogP contribution in [0.25, 0.3) is 0 Å². The minimum atomic E-state index is -0.717.